The Bertz CT molecular complexity index is 1120. The molecule has 2 unspecified atom stereocenters. The van der Waals surface area contributed by atoms with Gasteiger partial charge in [-0.3, -0.25) is 4.90 Å². The van der Waals surface area contributed by atoms with Gasteiger partial charge >= 0.3 is 0 Å². The first-order chi connectivity index (χ1) is 13.4. The maximum atomic E-state index is 13.7. The fraction of sp³-hybridized carbons (Fsp3) is 0.360. The van der Waals surface area contributed by atoms with Crippen molar-refractivity contribution in [2.24, 2.45) is 0 Å². The minimum Gasteiger partial charge on any atom is -0.320 e. The smallest absolute Gasteiger partial charge is 0.126 e. The summed E-state index contributed by atoms with van der Waals surface area (Å²) in [6.07, 6.45) is 5.89. The third kappa shape index (κ3) is 2.56. The van der Waals surface area contributed by atoms with Crippen LogP contribution < -0.4 is 0 Å². The van der Waals surface area contributed by atoms with Crippen LogP contribution in [0.15, 0.2) is 36.4 Å². The molecule has 2 bridgehead atoms. The number of aromatic nitrogens is 1. The summed E-state index contributed by atoms with van der Waals surface area (Å²) in [5.41, 5.74) is 8.52. The second-order valence-electron chi connectivity index (χ2n) is 8.64. The normalized spacial score (nSPS) is 22.1. The van der Waals surface area contributed by atoms with E-state index in [9.17, 15) is 4.39 Å². The zero-order valence-electron chi connectivity index (χ0n) is 17.1. The van der Waals surface area contributed by atoms with Crippen molar-refractivity contribution in [1.29, 1.82) is 0 Å². The molecule has 0 saturated carbocycles. The summed E-state index contributed by atoms with van der Waals surface area (Å²) in [6.45, 7) is 6.13. The lowest BCUT2D eigenvalue weighted by Gasteiger charge is -2.32. The molecule has 2 aliphatic rings. The zero-order chi connectivity index (χ0) is 19.6. The van der Waals surface area contributed by atoms with Crippen molar-refractivity contribution < 1.29 is 4.39 Å². The quantitative estimate of drug-likeness (QED) is 0.526. The van der Waals surface area contributed by atoms with Crippen molar-refractivity contribution in [3.05, 3.63) is 70.2 Å². The van der Waals surface area contributed by atoms with E-state index in [2.05, 4.69) is 54.8 Å². The molecule has 28 heavy (non-hydrogen) atoms. The van der Waals surface area contributed by atoms with Gasteiger partial charge in [0.05, 0.1) is 5.52 Å². The molecule has 0 N–H and O–H groups in total. The van der Waals surface area contributed by atoms with Crippen LogP contribution in [0.2, 0.25) is 0 Å². The van der Waals surface area contributed by atoms with E-state index in [-0.39, 0.29) is 5.82 Å². The van der Waals surface area contributed by atoms with E-state index < -0.39 is 0 Å². The van der Waals surface area contributed by atoms with Gasteiger partial charge in [-0.1, -0.05) is 17.7 Å². The number of fused-ring (bicyclic) bond motifs is 6. The largest absolute Gasteiger partial charge is 0.320 e. The highest BCUT2D eigenvalue weighted by atomic mass is 19.1. The second kappa shape index (κ2) is 6.31. The van der Waals surface area contributed by atoms with Gasteiger partial charge in [-0.2, -0.15) is 0 Å². The molecule has 2 nitrogen and oxygen atoms in total. The minimum atomic E-state index is -0.143. The van der Waals surface area contributed by atoms with Crippen molar-refractivity contribution in [2.75, 3.05) is 7.05 Å². The first-order valence-electron chi connectivity index (χ1n) is 10.2. The van der Waals surface area contributed by atoms with Crippen LogP contribution in [0.25, 0.3) is 22.7 Å². The number of benzene rings is 2. The topological polar surface area (TPSA) is 8.17 Å². The summed E-state index contributed by atoms with van der Waals surface area (Å²) < 4.78 is 16.1. The molecule has 2 aliphatic heterocycles. The molecule has 144 valence electrons. The van der Waals surface area contributed by atoms with Crippen molar-refractivity contribution >= 4 is 22.7 Å². The lowest BCUT2D eigenvalue weighted by atomic mass is 9.97. The Morgan fingerprint density at radius 3 is 2.71 bits per heavy atom. The zero-order valence-corrected chi connectivity index (χ0v) is 17.1. The predicted octanol–water partition coefficient (Wildman–Crippen LogP) is 6.11. The van der Waals surface area contributed by atoms with Gasteiger partial charge in [0.2, 0.25) is 0 Å². The van der Waals surface area contributed by atoms with Gasteiger partial charge in [-0.15, -0.1) is 0 Å². The third-order valence-electron chi connectivity index (χ3n) is 6.84. The van der Waals surface area contributed by atoms with Crippen LogP contribution in [0.3, 0.4) is 0 Å². The number of aryl methyl sites for hydroxylation is 2. The summed E-state index contributed by atoms with van der Waals surface area (Å²) in [7, 11) is 2.28. The molecule has 2 atom stereocenters. The van der Waals surface area contributed by atoms with E-state index >= 15 is 0 Å². The van der Waals surface area contributed by atoms with Crippen LogP contribution in [-0.4, -0.2) is 22.6 Å². The monoisotopic (exact) mass is 374 g/mol. The highest BCUT2D eigenvalue weighted by Crippen LogP contribution is 2.47. The lowest BCUT2D eigenvalue weighted by molar-refractivity contribution is 0.223. The summed E-state index contributed by atoms with van der Waals surface area (Å²) >= 11 is 0. The van der Waals surface area contributed by atoms with Crippen molar-refractivity contribution in [3.63, 3.8) is 0 Å². The summed E-state index contributed by atoms with van der Waals surface area (Å²) in [6, 6.07) is 13.4. The molecule has 3 heterocycles. The van der Waals surface area contributed by atoms with Gasteiger partial charge in [0.25, 0.3) is 0 Å². The molecule has 5 rings (SSSR count). The predicted molar refractivity (Wildman–Crippen MR) is 115 cm³/mol. The molecule has 0 aliphatic carbocycles. The number of nitrogens with zero attached hydrogens (tertiary/aromatic N) is 2. The first kappa shape index (κ1) is 17.7. The Balaban J connectivity index is 1.72. The minimum absolute atomic E-state index is 0.143. The van der Waals surface area contributed by atoms with E-state index in [1.807, 2.05) is 19.1 Å². The molecule has 0 spiro atoms. The average Bonchev–Trinajstić information content (AvgIpc) is 3.07. The number of hydrogen-bond donors (Lipinski definition) is 0. The number of hydrogen-bond acceptors (Lipinski definition) is 1. The Hall–Kier alpha value is -2.39. The highest BCUT2D eigenvalue weighted by molar-refractivity contribution is 5.91. The van der Waals surface area contributed by atoms with Crippen molar-refractivity contribution in [2.45, 2.75) is 52.1 Å². The molecule has 2 aromatic carbocycles. The molecule has 3 aromatic rings. The average molecular weight is 375 g/mol. The molecule has 1 saturated heterocycles. The number of allylic oxidation sites excluding steroid dienone is 1. The van der Waals surface area contributed by atoms with E-state index in [1.165, 1.54) is 40.6 Å². The van der Waals surface area contributed by atoms with Crippen LogP contribution in [0.1, 0.15) is 53.8 Å². The van der Waals surface area contributed by atoms with Crippen LogP contribution in [0.4, 0.5) is 4.39 Å². The van der Waals surface area contributed by atoms with E-state index in [0.717, 1.165) is 17.6 Å². The van der Waals surface area contributed by atoms with Crippen LogP contribution in [0.5, 0.6) is 0 Å². The third-order valence-corrected chi connectivity index (χ3v) is 6.84. The van der Waals surface area contributed by atoms with Crippen LogP contribution in [-0.2, 0) is 6.42 Å². The molecule has 0 amide bonds. The summed E-state index contributed by atoms with van der Waals surface area (Å²) in [4.78, 5) is 2.58. The Kier molecular flexibility index (Phi) is 3.99. The fourth-order valence-corrected chi connectivity index (χ4v) is 5.22. The van der Waals surface area contributed by atoms with Gasteiger partial charge in [-0.25, -0.2) is 4.39 Å². The molecular weight excluding hydrogens is 347 g/mol. The van der Waals surface area contributed by atoms with Gasteiger partial charge in [0.1, 0.15) is 5.82 Å². The van der Waals surface area contributed by atoms with Crippen molar-refractivity contribution in [3.8, 4) is 0 Å². The van der Waals surface area contributed by atoms with E-state index in [4.69, 9.17) is 0 Å². The first-order valence-corrected chi connectivity index (χ1v) is 10.2. The fourth-order valence-electron chi connectivity index (χ4n) is 5.22. The van der Waals surface area contributed by atoms with Crippen molar-refractivity contribution in [1.82, 2.24) is 9.47 Å². The molecule has 1 aromatic heterocycles. The van der Waals surface area contributed by atoms with Crippen LogP contribution >= 0.6 is 0 Å². The number of likely N-dealkylation sites (N-methyl/N-ethyl adjacent to an activating group) is 1. The maximum Gasteiger partial charge on any atom is 0.126 e. The summed E-state index contributed by atoms with van der Waals surface area (Å²) in [5, 5.41) is 1.39. The van der Waals surface area contributed by atoms with Gasteiger partial charge < -0.3 is 4.57 Å². The second-order valence-corrected chi connectivity index (χ2v) is 8.64. The van der Waals surface area contributed by atoms with Gasteiger partial charge in [-0.05, 0) is 87.2 Å². The highest BCUT2D eigenvalue weighted by Gasteiger charge is 2.40. The van der Waals surface area contributed by atoms with E-state index in [0.29, 0.717) is 17.6 Å². The molecule has 0 radical (unpaired) electrons. The Morgan fingerprint density at radius 2 is 1.93 bits per heavy atom. The van der Waals surface area contributed by atoms with Gasteiger partial charge in [0.15, 0.2) is 0 Å². The molecule has 3 heteroatoms. The maximum absolute atomic E-state index is 13.7. The number of halogens is 1. The standard InChI is InChI=1S/C25H27FN2/c1-15-5-9-22-20(11-15)25-23-10-7-19(27(23)4)13-24(25)28(22)14-17(3)18-6-8-21(26)16(2)12-18/h5-6,8-9,11-12,14,19,23H,7,10,13H2,1-4H3/b17-14+. The SMILES string of the molecule is C/C(=C\n1c2c(c3cc(C)ccc31)C1CCC(C2)N1C)c1ccc(F)c(C)c1. The summed E-state index contributed by atoms with van der Waals surface area (Å²) in [5.74, 6) is -0.143. The molecular formula is C25H27FN2. The van der Waals surface area contributed by atoms with Crippen LogP contribution in [0, 0.1) is 19.7 Å². The Morgan fingerprint density at radius 1 is 1.11 bits per heavy atom. The van der Waals surface area contributed by atoms with Gasteiger partial charge in [0, 0.05) is 35.8 Å². The van der Waals surface area contributed by atoms with E-state index in [1.54, 1.807) is 6.07 Å². The molecule has 1 fully saturated rings. The Labute approximate surface area is 166 Å². The lowest BCUT2D eigenvalue weighted by Crippen LogP contribution is -2.34. The number of rotatable bonds is 2.